The number of hydrogen-bond acceptors (Lipinski definition) is 5. The monoisotopic (exact) mass is 421 g/mol. The Bertz CT molecular complexity index is 682. The molecule has 0 saturated heterocycles. The Labute approximate surface area is 181 Å². The fourth-order valence-electron chi connectivity index (χ4n) is 2.80. The van der Waals surface area contributed by atoms with Gasteiger partial charge in [0.25, 0.3) is 0 Å². The van der Waals surface area contributed by atoms with Crippen LogP contribution in [0.15, 0.2) is 23.2 Å². The van der Waals surface area contributed by atoms with E-state index in [-0.39, 0.29) is 18.0 Å². The average Bonchev–Trinajstić information content (AvgIpc) is 2.70. The van der Waals surface area contributed by atoms with Crippen LogP contribution in [0.1, 0.15) is 40.2 Å². The van der Waals surface area contributed by atoms with Crippen LogP contribution in [-0.4, -0.2) is 69.2 Å². The maximum Gasteiger partial charge on any atom is 0.239 e. The molecule has 0 spiro atoms. The number of rotatable bonds is 11. The number of hydrogen-bond donors (Lipinski definition) is 3. The highest BCUT2D eigenvalue weighted by atomic mass is 16.5. The fraction of sp³-hybridized carbons (Fsp3) is 0.636. The number of methoxy groups -OCH3 is 1. The van der Waals surface area contributed by atoms with E-state index >= 15 is 0 Å². The summed E-state index contributed by atoms with van der Waals surface area (Å²) in [6.45, 7) is 14.3. The molecule has 1 rings (SSSR count). The number of ether oxygens (including phenoxy) is 2. The first-order chi connectivity index (χ1) is 14.2. The van der Waals surface area contributed by atoms with Crippen molar-refractivity contribution in [1.82, 2.24) is 20.9 Å². The maximum absolute atomic E-state index is 12.0. The van der Waals surface area contributed by atoms with Crippen LogP contribution in [0, 0.1) is 0 Å². The third kappa shape index (κ3) is 9.82. The van der Waals surface area contributed by atoms with E-state index in [1.54, 1.807) is 14.2 Å². The molecule has 0 heterocycles. The summed E-state index contributed by atoms with van der Waals surface area (Å²) < 4.78 is 11.4. The number of nitrogens with one attached hydrogen (secondary N) is 3. The van der Waals surface area contributed by atoms with Gasteiger partial charge in [0.15, 0.2) is 17.5 Å². The number of amides is 1. The molecule has 1 aromatic carbocycles. The Morgan fingerprint density at radius 3 is 2.40 bits per heavy atom. The lowest BCUT2D eigenvalue weighted by Gasteiger charge is -2.21. The van der Waals surface area contributed by atoms with E-state index in [9.17, 15) is 4.79 Å². The summed E-state index contributed by atoms with van der Waals surface area (Å²) in [5.41, 5.74) is 0.756. The maximum atomic E-state index is 12.0. The lowest BCUT2D eigenvalue weighted by Crippen LogP contribution is -2.48. The molecule has 170 valence electrons. The molecular formula is C22H39N5O3. The zero-order chi connectivity index (χ0) is 22.6. The van der Waals surface area contributed by atoms with E-state index in [1.165, 1.54) is 0 Å². The number of guanidine groups is 1. The SMILES string of the molecule is CCN(CC)CCOc1ccc(CNC(=NC)NCC(=O)NC(C)(C)C)cc1OC. The Hall–Kier alpha value is -2.48. The summed E-state index contributed by atoms with van der Waals surface area (Å²) in [5.74, 6) is 1.90. The van der Waals surface area contributed by atoms with Crippen LogP contribution < -0.4 is 25.4 Å². The van der Waals surface area contributed by atoms with Crippen molar-refractivity contribution in [3.05, 3.63) is 23.8 Å². The van der Waals surface area contributed by atoms with Gasteiger partial charge in [0.2, 0.25) is 5.91 Å². The molecule has 0 aliphatic carbocycles. The normalized spacial score (nSPS) is 11.9. The fourth-order valence-corrected chi connectivity index (χ4v) is 2.80. The van der Waals surface area contributed by atoms with Gasteiger partial charge in [-0.25, -0.2) is 0 Å². The van der Waals surface area contributed by atoms with E-state index in [0.29, 0.717) is 24.9 Å². The summed E-state index contributed by atoms with van der Waals surface area (Å²) in [6, 6.07) is 5.85. The second-order valence-corrected chi connectivity index (χ2v) is 7.94. The molecule has 0 bridgehead atoms. The number of carbonyl (C=O) groups is 1. The lowest BCUT2D eigenvalue weighted by atomic mass is 10.1. The smallest absolute Gasteiger partial charge is 0.239 e. The van der Waals surface area contributed by atoms with Crippen molar-refractivity contribution < 1.29 is 14.3 Å². The van der Waals surface area contributed by atoms with Gasteiger partial charge in [0.1, 0.15) is 6.61 Å². The van der Waals surface area contributed by atoms with Crippen molar-refractivity contribution in [3.8, 4) is 11.5 Å². The molecule has 0 aliphatic rings. The number of likely N-dealkylation sites (N-methyl/N-ethyl adjacent to an activating group) is 1. The molecule has 1 amide bonds. The first-order valence-corrected chi connectivity index (χ1v) is 10.5. The van der Waals surface area contributed by atoms with Gasteiger partial charge in [-0.2, -0.15) is 0 Å². The molecule has 8 nitrogen and oxygen atoms in total. The van der Waals surface area contributed by atoms with Gasteiger partial charge in [-0.1, -0.05) is 19.9 Å². The molecule has 0 aliphatic heterocycles. The number of aliphatic imine (C=N–C) groups is 1. The second kappa shape index (κ2) is 13.0. The summed E-state index contributed by atoms with van der Waals surface area (Å²) >= 11 is 0. The van der Waals surface area contributed by atoms with Crippen LogP contribution in [0.3, 0.4) is 0 Å². The third-order valence-corrected chi connectivity index (χ3v) is 4.40. The highest BCUT2D eigenvalue weighted by Gasteiger charge is 2.14. The summed E-state index contributed by atoms with van der Waals surface area (Å²) in [7, 11) is 3.31. The number of nitrogens with zero attached hydrogens (tertiary/aromatic N) is 2. The van der Waals surface area contributed by atoms with E-state index < -0.39 is 0 Å². The Morgan fingerprint density at radius 1 is 1.13 bits per heavy atom. The van der Waals surface area contributed by atoms with Crippen molar-refractivity contribution >= 4 is 11.9 Å². The summed E-state index contributed by atoms with van der Waals surface area (Å²) in [5, 5.41) is 9.13. The molecule has 0 radical (unpaired) electrons. The summed E-state index contributed by atoms with van der Waals surface area (Å²) in [4.78, 5) is 18.4. The predicted molar refractivity (Wildman–Crippen MR) is 122 cm³/mol. The minimum Gasteiger partial charge on any atom is -0.493 e. The Morgan fingerprint density at radius 2 is 1.83 bits per heavy atom. The first kappa shape index (κ1) is 25.6. The Balaban J connectivity index is 2.57. The van der Waals surface area contributed by atoms with Crippen molar-refractivity contribution in [1.29, 1.82) is 0 Å². The third-order valence-electron chi connectivity index (χ3n) is 4.40. The molecule has 0 aromatic heterocycles. The van der Waals surface area contributed by atoms with E-state index in [4.69, 9.17) is 9.47 Å². The topological polar surface area (TPSA) is 87.2 Å². The van der Waals surface area contributed by atoms with Gasteiger partial charge in [-0.15, -0.1) is 0 Å². The molecular weight excluding hydrogens is 382 g/mol. The van der Waals surface area contributed by atoms with Gasteiger partial charge in [-0.3, -0.25) is 9.79 Å². The van der Waals surface area contributed by atoms with Crippen LogP contribution in [0.5, 0.6) is 11.5 Å². The standard InChI is InChI=1S/C22H39N5O3/c1-8-27(9-2)12-13-30-18-11-10-17(14-19(18)29-7)15-24-21(23-6)25-16-20(28)26-22(3,4)5/h10-11,14H,8-9,12-13,15-16H2,1-7H3,(H,26,28)(H2,23,24,25). The van der Waals surface area contributed by atoms with Crippen molar-refractivity contribution in [2.45, 2.75) is 46.7 Å². The van der Waals surface area contributed by atoms with E-state index in [1.807, 2.05) is 39.0 Å². The first-order valence-electron chi connectivity index (χ1n) is 10.5. The molecule has 0 saturated carbocycles. The van der Waals surface area contributed by atoms with Crippen LogP contribution in [0.4, 0.5) is 0 Å². The highest BCUT2D eigenvalue weighted by molar-refractivity contribution is 5.86. The molecule has 1 aromatic rings. The molecule has 0 unspecified atom stereocenters. The van der Waals surface area contributed by atoms with Crippen molar-refractivity contribution in [3.63, 3.8) is 0 Å². The van der Waals surface area contributed by atoms with Gasteiger partial charge in [0.05, 0.1) is 13.7 Å². The number of carbonyl (C=O) groups excluding carboxylic acids is 1. The van der Waals surface area contributed by atoms with Crippen molar-refractivity contribution in [2.75, 3.05) is 46.9 Å². The van der Waals surface area contributed by atoms with Crippen LogP contribution >= 0.6 is 0 Å². The minimum absolute atomic E-state index is 0.0849. The largest absolute Gasteiger partial charge is 0.493 e. The summed E-state index contributed by atoms with van der Waals surface area (Å²) in [6.07, 6.45) is 0. The zero-order valence-corrected chi connectivity index (χ0v) is 19.6. The van der Waals surface area contributed by atoms with E-state index in [2.05, 4.69) is 39.7 Å². The zero-order valence-electron chi connectivity index (χ0n) is 19.6. The van der Waals surface area contributed by atoms with Gasteiger partial charge in [-0.05, 0) is 51.6 Å². The van der Waals surface area contributed by atoms with Crippen LogP contribution in [0.2, 0.25) is 0 Å². The lowest BCUT2D eigenvalue weighted by molar-refractivity contribution is -0.121. The van der Waals surface area contributed by atoms with Crippen LogP contribution in [-0.2, 0) is 11.3 Å². The molecule has 3 N–H and O–H groups in total. The highest BCUT2D eigenvalue weighted by Crippen LogP contribution is 2.28. The number of benzene rings is 1. The average molecular weight is 422 g/mol. The predicted octanol–water partition coefficient (Wildman–Crippen LogP) is 2.00. The Kier molecular flexibility index (Phi) is 11.0. The van der Waals surface area contributed by atoms with Gasteiger partial charge >= 0.3 is 0 Å². The molecule has 30 heavy (non-hydrogen) atoms. The molecule has 0 atom stereocenters. The second-order valence-electron chi connectivity index (χ2n) is 7.94. The molecule has 8 heteroatoms. The van der Waals surface area contributed by atoms with Crippen molar-refractivity contribution in [2.24, 2.45) is 4.99 Å². The van der Waals surface area contributed by atoms with Gasteiger partial charge < -0.3 is 30.3 Å². The quantitative estimate of drug-likeness (QED) is 0.374. The minimum atomic E-state index is -0.262. The van der Waals surface area contributed by atoms with Gasteiger partial charge in [0, 0.05) is 25.7 Å². The van der Waals surface area contributed by atoms with E-state index in [0.717, 1.165) is 30.9 Å². The molecule has 0 fully saturated rings. The van der Waals surface area contributed by atoms with Crippen LogP contribution in [0.25, 0.3) is 0 Å².